The average molecular weight is 553 g/mol. The van der Waals surface area contributed by atoms with E-state index in [1.54, 1.807) is 33.8 Å². The summed E-state index contributed by atoms with van der Waals surface area (Å²) in [6.45, 7) is 9.71. The fourth-order valence-corrected chi connectivity index (χ4v) is 7.83. The second-order valence-electron chi connectivity index (χ2n) is 11.5. The molecule has 1 aromatic carbocycles. The molecular formula is C34H48O6. The van der Waals surface area contributed by atoms with Gasteiger partial charge in [0.1, 0.15) is 0 Å². The number of ketones is 1. The van der Waals surface area contributed by atoms with E-state index in [0.29, 0.717) is 49.6 Å². The van der Waals surface area contributed by atoms with Crippen LogP contribution >= 0.6 is 0 Å². The monoisotopic (exact) mass is 552 g/mol. The summed E-state index contributed by atoms with van der Waals surface area (Å²) >= 11 is 0. The van der Waals surface area contributed by atoms with Gasteiger partial charge < -0.3 is 18.9 Å². The highest BCUT2D eigenvalue weighted by Gasteiger charge is 2.63. The second kappa shape index (κ2) is 14.4. The zero-order valence-electron chi connectivity index (χ0n) is 25.3. The van der Waals surface area contributed by atoms with Crippen molar-refractivity contribution in [1.29, 1.82) is 0 Å². The van der Waals surface area contributed by atoms with Crippen molar-refractivity contribution in [3.8, 4) is 0 Å². The molecule has 220 valence electrons. The Morgan fingerprint density at radius 1 is 1.05 bits per heavy atom. The van der Waals surface area contributed by atoms with E-state index < -0.39 is 0 Å². The minimum Gasteiger partial charge on any atom is -0.468 e. The van der Waals surface area contributed by atoms with E-state index in [-0.39, 0.29) is 11.0 Å². The lowest BCUT2D eigenvalue weighted by Gasteiger charge is -2.55. The van der Waals surface area contributed by atoms with Crippen molar-refractivity contribution in [2.45, 2.75) is 70.3 Å². The Labute approximate surface area is 240 Å². The molecule has 5 rings (SSSR count). The molecular weight excluding hydrogens is 504 g/mol. The first kappa shape index (κ1) is 32.0. The van der Waals surface area contributed by atoms with Crippen molar-refractivity contribution in [3.05, 3.63) is 64.8 Å². The van der Waals surface area contributed by atoms with Gasteiger partial charge in [-0.15, -0.1) is 0 Å². The Morgan fingerprint density at radius 2 is 1.75 bits per heavy atom. The number of carbonyl (C=O) groups is 2. The molecule has 6 nitrogen and oxygen atoms in total. The van der Waals surface area contributed by atoms with Gasteiger partial charge in [-0.2, -0.15) is 0 Å². The molecule has 0 radical (unpaired) electrons. The second-order valence-corrected chi connectivity index (χ2v) is 11.5. The largest absolute Gasteiger partial charge is 0.468 e. The molecule has 0 spiro atoms. The normalized spacial score (nSPS) is 30.3. The number of benzene rings is 1. The lowest BCUT2D eigenvalue weighted by molar-refractivity contribution is -0.149. The van der Waals surface area contributed by atoms with Crippen LogP contribution in [-0.4, -0.2) is 59.5 Å². The van der Waals surface area contributed by atoms with Gasteiger partial charge >= 0.3 is 0 Å². The maximum atomic E-state index is 12.2. The standard InChI is InChI=1S/C29H36O3.C3H6O2.C2H6O/c1-5-19-6-8-20(9-7-19)25-17-28(2)26(14-15-29(28,32-4)18-31-3)24-12-10-21-16-22(30)11-13-23(21)27(24)25;1-2-5-3-4;1-3-2/h5-9,16,24-26H,1,10-15,17-18H2,2-4H3;3H,2H2,1H3;1-2H3/t24-,25+,26-,28-,29+;;/m0../s1. The molecule has 4 aliphatic rings. The molecule has 0 aliphatic heterocycles. The SMILES string of the molecule is C=Cc1ccc([C@H]2C[C@@]3(C)[C@@H](CC[C@]3(COC)OC)[C@@H]3CCC4=CC(=O)CCC4=C32)cc1.CCOC=O.COC. The van der Waals surface area contributed by atoms with Gasteiger partial charge in [-0.05, 0) is 85.6 Å². The summed E-state index contributed by atoms with van der Waals surface area (Å²) in [7, 11) is 6.93. The molecule has 40 heavy (non-hydrogen) atoms. The molecule has 0 amide bonds. The number of allylic oxidation sites excluding steroid dienone is 4. The first-order valence-electron chi connectivity index (χ1n) is 14.5. The van der Waals surface area contributed by atoms with Crippen molar-refractivity contribution in [3.63, 3.8) is 0 Å². The predicted molar refractivity (Wildman–Crippen MR) is 159 cm³/mol. The molecule has 0 bridgehead atoms. The first-order valence-corrected chi connectivity index (χ1v) is 14.5. The van der Waals surface area contributed by atoms with E-state index in [9.17, 15) is 9.59 Å². The Hall–Kier alpha value is -2.54. The molecule has 2 saturated carbocycles. The average Bonchev–Trinajstić information content (AvgIpc) is 3.25. The van der Waals surface area contributed by atoms with Gasteiger partial charge in [0, 0.05) is 46.2 Å². The summed E-state index contributed by atoms with van der Waals surface area (Å²) < 4.78 is 20.5. The molecule has 0 heterocycles. The van der Waals surface area contributed by atoms with Crippen LogP contribution < -0.4 is 0 Å². The molecule has 1 aromatic rings. The van der Waals surface area contributed by atoms with Gasteiger partial charge in [0.25, 0.3) is 6.47 Å². The third-order valence-corrected chi connectivity index (χ3v) is 9.60. The van der Waals surface area contributed by atoms with Crippen LogP contribution in [0.3, 0.4) is 0 Å². The van der Waals surface area contributed by atoms with E-state index >= 15 is 0 Å². The summed E-state index contributed by atoms with van der Waals surface area (Å²) in [6, 6.07) is 8.96. The molecule has 0 unspecified atom stereocenters. The summed E-state index contributed by atoms with van der Waals surface area (Å²) in [4.78, 5) is 21.4. The number of methoxy groups -OCH3 is 3. The third-order valence-electron chi connectivity index (χ3n) is 9.60. The number of hydrogen-bond donors (Lipinski definition) is 0. The summed E-state index contributed by atoms with van der Waals surface area (Å²) in [5.41, 5.74) is 6.81. The van der Waals surface area contributed by atoms with Crippen molar-refractivity contribution in [1.82, 2.24) is 0 Å². The molecule has 2 fully saturated rings. The highest BCUT2D eigenvalue weighted by molar-refractivity contribution is 5.93. The Kier molecular flexibility index (Phi) is 11.5. The predicted octanol–water partition coefficient (Wildman–Crippen LogP) is 6.70. The molecule has 5 atom stereocenters. The Balaban J connectivity index is 0.000000490. The highest BCUT2D eigenvalue weighted by atomic mass is 16.5. The molecule has 0 N–H and O–H groups in total. The van der Waals surface area contributed by atoms with Gasteiger partial charge in [-0.3, -0.25) is 9.59 Å². The van der Waals surface area contributed by atoms with Crippen molar-refractivity contribution >= 4 is 18.3 Å². The van der Waals surface area contributed by atoms with Gasteiger partial charge in [-0.25, -0.2) is 0 Å². The quantitative estimate of drug-likeness (QED) is 0.351. The van der Waals surface area contributed by atoms with Crippen LogP contribution in [0.1, 0.15) is 75.8 Å². The van der Waals surface area contributed by atoms with E-state index in [1.807, 2.05) is 19.3 Å². The van der Waals surface area contributed by atoms with E-state index in [1.165, 1.54) is 23.1 Å². The van der Waals surface area contributed by atoms with Crippen LogP contribution in [0.2, 0.25) is 0 Å². The van der Waals surface area contributed by atoms with E-state index in [4.69, 9.17) is 9.47 Å². The Bertz CT molecular complexity index is 1090. The maximum Gasteiger partial charge on any atom is 0.293 e. The minimum absolute atomic E-state index is 0.0555. The van der Waals surface area contributed by atoms with Crippen LogP contribution in [0, 0.1) is 17.3 Å². The molecule has 4 aliphatic carbocycles. The van der Waals surface area contributed by atoms with Crippen molar-refractivity contribution in [2.24, 2.45) is 17.3 Å². The number of ether oxygens (including phenoxy) is 4. The first-order chi connectivity index (χ1) is 19.3. The van der Waals surface area contributed by atoms with Gasteiger partial charge in [-0.1, -0.05) is 49.4 Å². The van der Waals surface area contributed by atoms with Gasteiger partial charge in [0.2, 0.25) is 0 Å². The summed E-state index contributed by atoms with van der Waals surface area (Å²) in [6.07, 6.45) is 10.9. The third kappa shape index (κ3) is 6.19. The van der Waals surface area contributed by atoms with E-state index in [2.05, 4.69) is 47.2 Å². The lowest BCUT2D eigenvalue weighted by Crippen LogP contribution is -2.54. The topological polar surface area (TPSA) is 71.1 Å². The smallest absolute Gasteiger partial charge is 0.293 e. The van der Waals surface area contributed by atoms with Crippen LogP contribution in [0.25, 0.3) is 6.08 Å². The highest BCUT2D eigenvalue weighted by Crippen LogP contribution is 2.67. The maximum absolute atomic E-state index is 12.2. The van der Waals surface area contributed by atoms with Crippen LogP contribution in [0.15, 0.2) is 53.6 Å². The number of carbonyl (C=O) groups excluding carboxylic acids is 2. The van der Waals surface area contributed by atoms with Crippen LogP contribution in [0.5, 0.6) is 0 Å². The molecule has 0 saturated heterocycles. The van der Waals surface area contributed by atoms with Crippen molar-refractivity contribution in [2.75, 3.05) is 41.7 Å². The Morgan fingerprint density at radius 3 is 2.30 bits per heavy atom. The lowest BCUT2D eigenvalue weighted by atomic mass is 9.51. The summed E-state index contributed by atoms with van der Waals surface area (Å²) in [5, 5.41) is 0. The molecule has 6 heteroatoms. The van der Waals surface area contributed by atoms with Gasteiger partial charge in [0.15, 0.2) is 5.78 Å². The van der Waals surface area contributed by atoms with Crippen LogP contribution in [-0.2, 0) is 28.5 Å². The minimum atomic E-state index is -0.236. The fourth-order valence-electron chi connectivity index (χ4n) is 7.83. The van der Waals surface area contributed by atoms with Crippen LogP contribution in [0.4, 0.5) is 0 Å². The molecule has 0 aromatic heterocycles. The fraction of sp³-hybridized carbons (Fsp3) is 0.588. The van der Waals surface area contributed by atoms with Gasteiger partial charge in [0.05, 0.1) is 18.8 Å². The van der Waals surface area contributed by atoms with E-state index in [0.717, 1.165) is 37.7 Å². The zero-order valence-corrected chi connectivity index (χ0v) is 25.3. The number of fused-ring (bicyclic) bond motifs is 4. The number of hydrogen-bond acceptors (Lipinski definition) is 6. The number of rotatable bonds is 7. The van der Waals surface area contributed by atoms with Crippen molar-refractivity contribution < 1.29 is 28.5 Å². The summed E-state index contributed by atoms with van der Waals surface area (Å²) in [5.74, 6) is 1.82. The zero-order chi connectivity index (χ0) is 29.3.